The summed E-state index contributed by atoms with van der Waals surface area (Å²) in [5.41, 5.74) is 0. The number of carboxylic acid groups (broad SMARTS) is 1. The number of carbonyl (C=O) groups is 2. The molecule has 0 aliphatic rings. The van der Waals surface area contributed by atoms with Gasteiger partial charge in [0.25, 0.3) is 0 Å². The minimum absolute atomic E-state index is 0.0114. The van der Waals surface area contributed by atoms with Crippen molar-refractivity contribution in [2.24, 2.45) is 5.92 Å². The van der Waals surface area contributed by atoms with Crippen LogP contribution in [0.1, 0.15) is 33.1 Å². The molecule has 2 amide bonds. The van der Waals surface area contributed by atoms with E-state index < -0.39 is 5.97 Å². The number of rotatable bonds is 9. The molecule has 1 aromatic heterocycles. The van der Waals surface area contributed by atoms with Crippen LogP contribution in [0, 0.1) is 5.92 Å². The van der Waals surface area contributed by atoms with Crippen molar-refractivity contribution in [2.75, 3.05) is 6.54 Å². The van der Waals surface area contributed by atoms with Crippen LogP contribution in [0.2, 0.25) is 0 Å². The van der Waals surface area contributed by atoms with Gasteiger partial charge >= 0.3 is 12.0 Å². The van der Waals surface area contributed by atoms with Gasteiger partial charge in [0.15, 0.2) is 0 Å². The van der Waals surface area contributed by atoms with Crippen molar-refractivity contribution < 1.29 is 14.7 Å². The topological polar surface area (TPSA) is 109 Å². The highest BCUT2D eigenvalue weighted by molar-refractivity contribution is 5.74. The minimum Gasteiger partial charge on any atom is -0.481 e. The van der Waals surface area contributed by atoms with Gasteiger partial charge in [0, 0.05) is 18.8 Å². The number of hydrogen-bond donors (Lipinski definition) is 3. The van der Waals surface area contributed by atoms with Crippen LogP contribution >= 0.6 is 0 Å². The lowest BCUT2D eigenvalue weighted by Gasteiger charge is -2.15. The fourth-order valence-electron chi connectivity index (χ4n) is 1.84. The zero-order chi connectivity index (χ0) is 15.7. The van der Waals surface area contributed by atoms with Gasteiger partial charge in [-0.2, -0.15) is 0 Å². The lowest BCUT2D eigenvalue weighted by atomic mass is 10.0. The summed E-state index contributed by atoms with van der Waals surface area (Å²) in [6.45, 7) is 4.63. The van der Waals surface area contributed by atoms with E-state index in [1.807, 2.05) is 6.92 Å². The maximum absolute atomic E-state index is 11.6. The normalized spacial score (nSPS) is 13.4. The third-order valence-corrected chi connectivity index (χ3v) is 3.17. The molecular weight excluding hydrogens is 274 g/mol. The summed E-state index contributed by atoms with van der Waals surface area (Å²) in [5.74, 6) is -1.12. The van der Waals surface area contributed by atoms with Crippen molar-refractivity contribution in [1.29, 1.82) is 0 Å². The largest absolute Gasteiger partial charge is 0.481 e. The Hall–Kier alpha value is -2.12. The molecule has 1 aromatic rings. The number of urea groups is 1. The van der Waals surface area contributed by atoms with E-state index in [0.717, 1.165) is 12.8 Å². The van der Waals surface area contributed by atoms with Gasteiger partial charge < -0.3 is 15.7 Å². The molecule has 118 valence electrons. The highest BCUT2D eigenvalue weighted by Crippen LogP contribution is 2.09. The number of nitrogens with zero attached hydrogens (tertiary/aromatic N) is 3. The molecule has 8 nitrogen and oxygen atoms in total. The average molecular weight is 297 g/mol. The van der Waals surface area contributed by atoms with Crippen LogP contribution < -0.4 is 10.6 Å². The summed E-state index contributed by atoms with van der Waals surface area (Å²) in [7, 11) is 0. The van der Waals surface area contributed by atoms with E-state index in [-0.39, 0.29) is 18.0 Å². The maximum Gasteiger partial charge on any atom is 0.315 e. The van der Waals surface area contributed by atoms with Crippen molar-refractivity contribution in [3.8, 4) is 0 Å². The Balaban J connectivity index is 2.08. The average Bonchev–Trinajstić information content (AvgIpc) is 2.91. The Morgan fingerprint density at radius 3 is 2.71 bits per heavy atom. The zero-order valence-electron chi connectivity index (χ0n) is 12.5. The SMILES string of the molecule is CC(CCCC(C)C(=O)O)NC(=O)NCCn1ccnn1. The first-order valence-corrected chi connectivity index (χ1v) is 7.10. The second-order valence-corrected chi connectivity index (χ2v) is 5.14. The number of aromatic nitrogens is 3. The molecule has 2 unspecified atom stereocenters. The van der Waals surface area contributed by atoms with E-state index in [9.17, 15) is 9.59 Å². The number of aliphatic carboxylic acids is 1. The number of amides is 2. The van der Waals surface area contributed by atoms with E-state index in [1.165, 1.54) is 0 Å². The molecule has 0 bridgehead atoms. The first-order valence-electron chi connectivity index (χ1n) is 7.10. The molecule has 0 saturated heterocycles. The standard InChI is InChI=1S/C13H23N5O3/c1-10(12(19)20)4-3-5-11(2)16-13(21)14-6-8-18-9-7-15-17-18/h7,9-11H,3-6,8H2,1-2H3,(H,19,20)(H2,14,16,21). The lowest BCUT2D eigenvalue weighted by Crippen LogP contribution is -2.41. The first kappa shape index (κ1) is 16.9. The molecule has 1 rings (SSSR count). The first-order chi connectivity index (χ1) is 9.99. The van der Waals surface area contributed by atoms with Crippen LogP contribution in [0.4, 0.5) is 4.79 Å². The Kier molecular flexibility index (Phi) is 7.20. The molecule has 1 heterocycles. The van der Waals surface area contributed by atoms with Crippen molar-refractivity contribution >= 4 is 12.0 Å². The number of carbonyl (C=O) groups excluding carboxylic acids is 1. The predicted molar refractivity (Wildman–Crippen MR) is 76.7 cm³/mol. The quantitative estimate of drug-likeness (QED) is 0.626. The van der Waals surface area contributed by atoms with E-state index in [2.05, 4.69) is 20.9 Å². The van der Waals surface area contributed by atoms with Crippen molar-refractivity contribution in [3.05, 3.63) is 12.4 Å². The van der Waals surface area contributed by atoms with Gasteiger partial charge in [-0.25, -0.2) is 4.79 Å². The van der Waals surface area contributed by atoms with E-state index >= 15 is 0 Å². The van der Waals surface area contributed by atoms with Gasteiger partial charge in [-0.1, -0.05) is 18.6 Å². The summed E-state index contributed by atoms with van der Waals surface area (Å²) >= 11 is 0. The van der Waals surface area contributed by atoms with Gasteiger partial charge in [0.05, 0.1) is 18.7 Å². The number of carboxylic acids is 1. The second-order valence-electron chi connectivity index (χ2n) is 5.14. The second kappa shape index (κ2) is 8.93. The maximum atomic E-state index is 11.6. The molecule has 0 aliphatic heterocycles. The Labute approximate surface area is 123 Å². The van der Waals surface area contributed by atoms with Crippen LogP contribution in [0.5, 0.6) is 0 Å². The molecule has 0 spiro atoms. The molecular formula is C13H23N5O3. The van der Waals surface area contributed by atoms with Crippen LogP contribution in [0.3, 0.4) is 0 Å². The van der Waals surface area contributed by atoms with Crippen LogP contribution in [-0.2, 0) is 11.3 Å². The van der Waals surface area contributed by atoms with E-state index in [4.69, 9.17) is 5.11 Å². The van der Waals surface area contributed by atoms with E-state index in [1.54, 1.807) is 24.0 Å². The zero-order valence-corrected chi connectivity index (χ0v) is 12.5. The summed E-state index contributed by atoms with van der Waals surface area (Å²) < 4.78 is 1.64. The Bertz CT molecular complexity index is 435. The van der Waals surface area contributed by atoms with Crippen molar-refractivity contribution in [3.63, 3.8) is 0 Å². The number of nitrogens with one attached hydrogen (secondary N) is 2. The Morgan fingerprint density at radius 1 is 1.33 bits per heavy atom. The van der Waals surface area contributed by atoms with Gasteiger partial charge in [-0.3, -0.25) is 9.48 Å². The highest BCUT2D eigenvalue weighted by atomic mass is 16.4. The van der Waals surface area contributed by atoms with E-state index in [0.29, 0.717) is 19.5 Å². The van der Waals surface area contributed by atoms with Crippen LogP contribution in [0.25, 0.3) is 0 Å². The molecule has 2 atom stereocenters. The molecule has 21 heavy (non-hydrogen) atoms. The fourth-order valence-corrected chi connectivity index (χ4v) is 1.84. The van der Waals surface area contributed by atoms with Gasteiger partial charge in [-0.15, -0.1) is 5.10 Å². The molecule has 0 aliphatic carbocycles. The number of hydrogen-bond acceptors (Lipinski definition) is 4. The summed E-state index contributed by atoms with van der Waals surface area (Å²) in [4.78, 5) is 22.3. The highest BCUT2D eigenvalue weighted by Gasteiger charge is 2.12. The predicted octanol–water partition coefficient (Wildman–Crippen LogP) is 0.857. The molecule has 8 heteroatoms. The molecule has 3 N–H and O–H groups in total. The van der Waals surface area contributed by atoms with Crippen LogP contribution in [-0.4, -0.2) is 44.7 Å². The summed E-state index contributed by atoms with van der Waals surface area (Å²) in [5, 5.41) is 21.8. The molecule has 0 fully saturated rings. The smallest absolute Gasteiger partial charge is 0.315 e. The van der Waals surface area contributed by atoms with Gasteiger partial charge in [0.2, 0.25) is 0 Å². The minimum atomic E-state index is -0.776. The van der Waals surface area contributed by atoms with Crippen molar-refractivity contribution in [1.82, 2.24) is 25.6 Å². The summed E-state index contributed by atoms with van der Waals surface area (Å²) in [6.07, 6.45) is 5.46. The fraction of sp³-hybridized carbons (Fsp3) is 0.692. The third-order valence-electron chi connectivity index (χ3n) is 3.17. The van der Waals surface area contributed by atoms with Crippen molar-refractivity contribution in [2.45, 2.75) is 45.7 Å². The molecule has 0 radical (unpaired) electrons. The van der Waals surface area contributed by atoms with Gasteiger partial charge in [-0.05, 0) is 19.8 Å². The third kappa shape index (κ3) is 7.28. The van der Waals surface area contributed by atoms with Crippen LogP contribution in [0.15, 0.2) is 12.4 Å². The van der Waals surface area contributed by atoms with Gasteiger partial charge in [0.1, 0.15) is 0 Å². The Morgan fingerprint density at radius 2 is 2.10 bits per heavy atom. The lowest BCUT2D eigenvalue weighted by molar-refractivity contribution is -0.141. The molecule has 0 saturated carbocycles. The molecule has 0 aromatic carbocycles. The summed E-state index contributed by atoms with van der Waals surface area (Å²) in [6, 6.07) is -0.216. The monoisotopic (exact) mass is 297 g/mol.